The normalized spacial score (nSPS) is 11.1. The molecule has 0 spiro atoms. The van der Waals surface area contributed by atoms with E-state index in [1.165, 1.54) is 6.07 Å². The van der Waals surface area contributed by atoms with Gasteiger partial charge in [-0.25, -0.2) is 17.5 Å². The molecule has 23 heavy (non-hydrogen) atoms. The second kappa shape index (κ2) is 8.83. The standard InChI is InChI=1S/C14H18ClFN2O4S/c1-2-8-17-13(19)4-3-5-14(20)18-23(21,22)12-7-6-10(15)9-11(12)16/h6-7,9H,2-5,8H2,1H3,(H,17,19)(H,18,20). The van der Waals surface area contributed by atoms with E-state index in [0.29, 0.717) is 6.54 Å². The minimum absolute atomic E-state index is 0.0471. The molecule has 0 aliphatic carbocycles. The Morgan fingerprint density at radius 2 is 1.87 bits per heavy atom. The zero-order valence-electron chi connectivity index (χ0n) is 12.6. The van der Waals surface area contributed by atoms with E-state index in [9.17, 15) is 22.4 Å². The van der Waals surface area contributed by atoms with E-state index in [1.54, 1.807) is 4.72 Å². The fourth-order valence-corrected chi connectivity index (χ4v) is 2.94. The number of hydrogen-bond donors (Lipinski definition) is 2. The molecule has 0 aromatic heterocycles. The van der Waals surface area contributed by atoms with E-state index in [2.05, 4.69) is 5.32 Å². The molecule has 2 amide bonds. The van der Waals surface area contributed by atoms with Crippen molar-refractivity contribution in [3.63, 3.8) is 0 Å². The number of benzene rings is 1. The Kier molecular flexibility index (Phi) is 7.44. The van der Waals surface area contributed by atoms with Crippen LogP contribution in [-0.4, -0.2) is 26.8 Å². The molecule has 0 atom stereocenters. The topological polar surface area (TPSA) is 92.3 Å². The van der Waals surface area contributed by atoms with Crippen molar-refractivity contribution in [3.05, 3.63) is 29.0 Å². The van der Waals surface area contributed by atoms with Crippen LogP contribution < -0.4 is 10.0 Å². The van der Waals surface area contributed by atoms with Crippen molar-refractivity contribution in [1.82, 2.24) is 10.0 Å². The average Bonchev–Trinajstić information content (AvgIpc) is 2.44. The van der Waals surface area contributed by atoms with Gasteiger partial charge in [0.1, 0.15) is 10.7 Å². The van der Waals surface area contributed by atoms with Crippen molar-refractivity contribution in [2.75, 3.05) is 6.54 Å². The SMILES string of the molecule is CCCNC(=O)CCCC(=O)NS(=O)(=O)c1ccc(Cl)cc1F. The summed E-state index contributed by atoms with van der Waals surface area (Å²) in [6, 6.07) is 3.03. The monoisotopic (exact) mass is 364 g/mol. The maximum Gasteiger partial charge on any atom is 0.266 e. The summed E-state index contributed by atoms with van der Waals surface area (Å²) >= 11 is 5.55. The number of halogens is 2. The van der Waals surface area contributed by atoms with Gasteiger partial charge in [0.05, 0.1) is 0 Å². The fourth-order valence-electron chi connectivity index (χ4n) is 1.71. The molecule has 0 aliphatic rings. The molecular formula is C14H18ClFN2O4S. The van der Waals surface area contributed by atoms with Crippen LogP contribution >= 0.6 is 11.6 Å². The predicted octanol–water partition coefficient (Wildman–Crippen LogP) is 1.98. The van der Waals surface area contributed by atoms with Crippen LogP contribution in [0.15, 0.2) is 23.1 Å². The first-order valence-corrected chi connectivity index (χ1v) is 8.89. The first-order chi connectivity index (χ1) is 10.8. The van der Waals surface area contributed by atoms with Gasteiger partial charge >= 0.3 is 0 Å². The molecule has 0 fully saturated rings. The lowest BCUT2D eigenvalue weighted by Gasteiger charge is -2.08. The minimum Gasteiger partial charge on any atom is -0.356 e. The molecule has 0 bridgehead atoms. The molecule has 0 radical (unpaired) electrons. The van der Waals surface area contributed by atoms with Crippen molar-refractivity contribution in [2.24, 2.45) is 0 Å². The highest BCUT2D eigenvalue weighted by Gasteiger charge is 2.21. The fraction of sp³-hybridized carbons (Fsp3) is 0.429. The number of amides is 2. The third-order valence-electron chi connectivity index (χ3n) is 2.81. The van der Waals surface area contributed by atoms with Gasteiger partial charge < -0.3 is 5.32 Å². The molecule has 9 heteroatoms. The van der Waals surface area contributed by atoms with Gasteiger partial charge in [0.25, 0.3) is 10.0 Å². The second-order valence-electron chi connectivity index (χ2n) is 4.81. The van der Waals surface area contributed by atoms with Gasteiger partial charge in [-0.3, -0.25) is 9.59 Å². The van der Waals surface area contributed by atoms with Crippen LogP contribution in [0.4, 0.5) is 4.39 Å². The number of sulfonamides is 1. The second-order valence-corrected chi connectivity index (χ2v) is 6.89. The van der Waals surface area contributed by atoms with E-state index < -0.39 is 26.6 Å². The van der Waals surface area contributed by atoms with E-state index >= 15 is 0 Å². The number of carbonyl (C=O) groups excluding carboxylic acids is 2. The van der Waals surface area contributed by atoms with Crippen LogP contribution in [0.2, 0.25) is 5.02 Å². The molecule has 1 rings (SSSR count). The molecule has 128 valence electrons. The maximum absolute atomic E-state index is 13.6. The zero-order chi connectivity index (χ0) is 17.5. The average molecular weight is 365 g/mol. The maximum atomic E-state index is 13.6. The van der Waals surface area contributed by atoms with Crippen LogP contribution in [-0.2, 0) is 19.6 Å². The number of carbonyl (C=O) groups is 2. The van der Waals surface area contributed by atoms with Crippen molar-refractivity contribution < 1.29 is 22.4 Å². The zero-order valence-corrected chi connectivity index (χ0v) is 14.1. The van der Waals surface area contributed by atoms with Crippen LogP contribution in [0.1, 0.15) is 32.6 Å². The van der Waals surface area contributed by atoms with E-state index in [0.717, 1.165) is 18.6 Å². The molecule has 2 N–H and O–H groups in total. The van der Waals surface area contributed by atoms with Gasteiger partial charge in [-0.05, 0) is 31.0 Å². The van der Waals surface area contributed by atoms with Gasteiger partial charge in [-0.2, -0.15) is 0 Å². The largest absolute Gasteiger partial charge is 0.356 e. The third kappa shape index (κ3) is 6.54. The van der Waals surface area contributed by atoms with Gasteiger partial charge in [-0.15, -0.1) is 0 Å². The van der Waals surface area contributed by atoms with Gasteiger partial charge in [-0.1, -0.05) is 18.5 Å². The van der Waals surface area contributed by atoms with Gasteiger partial charge in [0.2, 0.25) is 11.8 Å². The number of hydrogen-bond acceptors (Lipinski definition) is 4. The van der Waals surface area contributed by atoms with Crippen molar-refractivity contribution in [3.8, 4) is 0 Å². The lowest BCUT2D eigenvalue weighted by atomic mass is 10.2. The predicted molar refractivity (Wildman–Crippen MR) is 83.9 cm³/mol. The molecular weight excluding hydrogens is 347 g/mol. The van der Waals surface area contributed by atoms with Crippen molar-refractivity contribution in [2.45, 2.75) is 37.5 Å². The Hall–Kier alpha value is -1.67. The summed E-state index contributed by atoms with van der Waals surface area (Å²) in [6.07, 6.45) is 0.952. The number of nitrogens with one attached hydrogen (secondary N) is 2. The smallest absolute Gasteiger partial charge is 0.266 e. The molecule has 1 aromatic carbocycles. The Bertz CT molecular complexity index is 679. The van der Waals surface area contributed by atoms with Crippen LogP contribution in [0.3, 0.4) is 0 Å². The Morgan fingerprint density at radius 1 is 1.22 bits per heavy atom. The molecule has 1 aromatic rings. The molecule has 0 unspecified atom stereocenters. The Labute approximate surface area is 139 Å². The lowest BCUT2D eigenvalue weighted by molar-refractivity contribution is -0.121. The molecule has 0 saturated heterocycles. The summed E-state index contributed by atoms with van der Waals surface area (Å²) in [5, 5.41) is 2.69. The molecule has 0 aliphatic heterocycles. The summed E-state index contributed by atoms with van der Waals surface area (Å²) in [6.45, 7) is 2.46. The first kappa shape index (κ1) is 19.4. The lowest BCUT2D eigenvalue weighted by Crippen LogP contribution is -2.31. The van der Waals surface area contributed by atoms with Gasteiger partial charge in [0.15, 0.2) is 0 Å². The van der Waals surface area contributed by atoms with Crippen molar-refractivity contribution >= 4 is 33.4 Å². The Morgan fingerprint density at radius 3 is 2.48 bits per heavy atom. The highest BCUT2D eigenvalue weighted by molar-refractivity contribution is 7.90. The van der Waals surface area contributed by atoms with Gasteiger partial charge in [0, 0.05) is 24.4 Å². The summed E-state index contributed by atoms with van der Waals surface area (Å²) in [5.41, 5.74) is 0. The summed E-state index contributed by atoms with van der Waals surface area (Å²) in [5.74, 6) is -2.05. The minimum atomic E-state index is -4.31. The Balaban J connectivity index is 2.54. The summed E-state index contributed by atoms with van der Waals surface area (Å²) < 4.78 is 39.2. The highest BCUT2D eigenvalue weighted by atomic mass is 35.5. The summed E-state index contributed by atoms with van der Waals surface area (Å²) in [7, 11) is -4.31. The highest BCUT2D eigenvalue weighted by Crippen LogP contribution is 2.18. The molecule has 6 nitrogen and oxygen atoms in total. The number of rotatable bonds is 8. The van der Waals surface area contributed by atoms with Crippen LogP contribution in [0, 0.1) is 5.82 Å². The first-order valence-electron chi connectivity index (χ1n) is 7.03. The molecule has 0 saturated carbocycles. The van der Waals surface area contributed by atoms with E-state index in [1.807, 2.05) is 6.92 Å². The quantitative estimate of drug-likeness (QED) is 0.737. The van der Waals surface area contributed by atoms with Crippen LogP contribution in [0.5, 0.6) is 0 Å². The van der Waals surface area contributed by atoms with E-state index in [4.69, 9.17) is 11.6 Å². The summed E-state index contributed by atoms with van der Waals surface area (Å²) in [4.78, 5) is 22.3. The molecule has 0 heterocycles. The van der Waals surface area contributed by atoms with Crippen LogP contribution in [0.25, 0.3) is 0 Å². The van der Waals surface area contributed by atoms with E-state index in [-0.39, 0.29) is 30.2 Å². The third-order valence-corrected chi connectivity index (χ3v) is 4.45. The van der Waals surface area contributed by atoms with Crippen molar-refractivity contribution in [1.29, 1.82) is 0 Å².